The van der Waals surface area contributed by atoms with E-state index in [-0.39, 0.29) is 5.28 Å². The van der Waals surface area contributed by atoms with Crippen LogP contribution in [0, 0.1) is 0 Å². The molecular weight excluding hydrogens is 326 g/mol. The first-order valence-electron chi connectivity index (χ1n) is 7.40. The van der Waals surface area contributed by atoms with Crippen LogP contribution in [0.15, 0.2) is 55.1 Å². The SMILES string of the molecule is COc1cccc(-n2cnc(Cc3nc(Cl)nn4cccc34)c2)c1. The van der Waals surface area contributed by atoms with E-state index in [1.165, 1.54) is 0 Å². The van der Waals surface area contributed by atoms with E-state index in [1.54, 1.807) is 18.0 Å². The molecule has 0 N–H and O–H groups in total. The average molecular weight is 340 g/mol. The number of aromatic nitrogens is 5. The number of ether oxygens (including phenoxy) is 1. The minimum absolute atomic E-state index is 0.223. The van der Waals surface area contributed by atoms with Crippen molar-refractivity contribution in [3.05, 3.63) is 71.8 Å². The molecule has 0 radical (unpaired) electrons. The maximum atomic E-state index is 6.00. The molecule has 4 aromatic rings. The molecule has 4 rings (SSSR count). The maximum absolute atomic E-state index is 6.00. The molecule has 0 aliphatic carbocycles. The Morgan fingerprint density at radius 2 is 2.12 bits per heavy atom. The molecule has 120 valence electrons. The second-order valence-electron chi connectivity index (χ2n) is 5.32. The van der Waals surface area contributed by atoms with Crippen LogP contribution in [0.4, 0.5) is 0 Å². The normalized spacial score (nSPS) is 11.1. The molecule has 24 heavy (non-hydrogen) atoms. The van der Waals surface area contributed by atoms with E-state index in [2.05, 4.69) is 15.1 Å². The first-order valence-corrected chi connectivity index (χ1v) is 7.78. The van der Waals surface area contributed by atoms with Gasteiger partial charge in [-0.05, 0) is 35.9 Å². The first kappa shape index (κ1) is 14.7. The Hall–Kier alpha value is -2.86. The standard InChI is InChI=1S/C17H14ClN5O/c1-24-14-5-2-4-13(9-14)22-10-12(19-11-22)8-15-16-6-3-7-23(16)21-17(18)20-15/h2-7,9-11H,8H2,1H3. The molecule has 0 aliphatic rings. The highest BCUT2D eigenvalue weighted by Gasteiger charge is 2.10. The van der Waals surface area contributed by atoms with Crippen molar-refractivity contribution in [2.45, 2.75) is 6.42 Å². The molecule has 1 aromatic carbocycles. The summed E-state index contributed by atoms with van der Waals surface area (Å²) in [5.74, 6) is 0.806. The number of methoxy groups -OCH3 is 1. The van der Waals surface area contributed by atoms with Crippen molar-refractivity contribution in [2.75, 3.05) is 7.11 Å². The van der Waals surface area contributed by atoms with Gasteiger partial charge in [-0.2, -0.15) is 0 Å². The third-order valence-corrected chi connectivity index (χ3v) is 3.94. The number of nitrogens with zero attached hydrogens (tertiary/aromatic N) is 5. The fraction of sp³-hybridized carbons (Fsp3) is 0.118. The highest BCUT2D eigenvalue weighted by molar-refractivity contribution is 6.28. The van der Waals surface area contributed by atoms with Crippen LogP contribution < -0.4 is 4.74 Å². The Morgan fingerprint density at radius 3 is 3.00 bits per heavy atom. The van der Waals surface area contributed by atoms with Crippen LogP contribution in [0.25, 0.3) is 11.2 Å². The third kappa shape index (κ3) is 2.72. The molecule has 7 heteroatoms. The summed E-state index contributed by atoms with van der Waals surface area (Å²) in [5.41, 5.74) is 3.66. The lowest BCUT2D eigenvalue weighted by atomic mass is 10.2. The lowest BCUT2D eigenvalue weighted by Crippen LogP contribution is -2.01. The second kappa shape index (κ2) is 5.98. The average Bonchev–Trinajstić information content (AvgIpc) is 3.24. The molecule has 0 fully saturated rings. The smallest absolute Gasteiger partial charge is 0.241 e. The Labute approximate surface area is 143 Å². The van der Waals surface area contributed by atoms with E-state index in [9.17, 15) is 0 Å². The van der Waals surface area contributed by atoms with Crippen molar-refractivity contribution >= 4 is 17.1 Å². The van der Waals surface area contributed by atoms with Crippen LogP contribution in [-0.4, -0.2) is 31.3 Å². The van der Waals surface area contributed by atoms with Crippen LogP contribution in [0.2, 0.25) is 5.28 Å². The third-order valence-electron chi connectivity index (χ3n) is 3.78. The number of halogens is 1. The molecule has 0 saturated carbocycles. The van der Waals surface area contributed by atoms with Crippen LogP contribution in [0.1, 0.15) is 11.4 Å². The highest BCUT2D eigenvalue weighted by Crippen LogP contribution is 2.19. The summed E-state index contributed by atoms with van der Waals surface area (Å²) in [6.07, 6.45) is 6.18. The van der Waals surface area contributed by atoms with E-state index in [4.69, 9.17) is 16.3 Å². The van der Waals surface area contributed by atoms with Crippen LogP contribution >= 0.6 is 11.6 Å². The minimum atomic E-state index is 0.223. The van der Waals surface area contributed by atoms with Gasteiger partial charge in [0.05, 0.1) is 36.0 Å². The monoisotopic (exact) mass is 339 g/mol. The van der Waals surface area contributed by atoms with Gasteiger partial charge in [0.2, 0.25) is 5.28 Å². The van der Waals surface area contributed by atoms with Gasteiger partial charge in [0.15, 0.2) is 0 Å². The Balaban J connectivity index is 1.66. The lowest BCUT2D eigenvalue weighted by molar-refractivity contribution is 0.414. The van der Waals surface area contributed by atoms with E-state index < -0.39 is 0 Å². The zero-order valence-electron chi connectivity index (χ0n) is 12.9. The van der Waals surface area contributed by atoms with E-state index in [1.807, 2.05) is 53.4 Å². The molecule has 3 aromatic heterocycles. The van der Waals surface area contributed by atoms with Crippen molar-refractivity contribution in [1.29, 1.82) is 0 Å². The lowest BCUT2D eigenvalue weighted by Gasteiger charge is -2.05. The molecule has 0 aliphatic heterocycles. The van der Waals surface area contributed by atoms with Gasteiger partial charge in [-0.15, -0.1) is 5.10 Å². The van der Waals surface area contributed by atoms with Gasteiger partial charge in [0.25, 0.3) is 0 Å². The van der Waals surface area contributed by atoms with Gasteiger partial charge in [0.1, 0.15) is 5.75 Å². The minimum Gasteiger partial charge on any atom is -0.497 e. The second-order valence-corrected chi connectivity index (χ2v) is 5.65. The van der Waals surface area contributed by atoms with Crippen molar-refractivity contribution < 1.29 is 4.74 Å². The fourth-order valence-electron chi connectivity index (χ4n) is 2.64. The number of benzene rings is 1. The molecule has 0 spiro atoms. The van der Waals surface area contributed by atoms with Gasteiger partial charge in [0, 0.05) is 24.9 Å². The van der Waals surface area contributed by atoms with E-state index in [0.717, 1.165) is 28.3 Å². The predicted octanol–water partition coefficient (Wildman–Crippen LogP) is 3.17. The molecule has 3 heterocycles. The van der Waals surface area contributed by atoms with Gasteiger partial charge < -0.3 is 9.30 Å². The summed E-state index contributed by atoms with van der Waals surface area (Å²) >= 11 is 6.00. The number of imidazole rings is 1. The Kier molecular flexibility index (Phi) is 3.66. The summed E-state index contributed by atoms with van der Waals surface area (Å²) in [6.45, 7) is 0. The predicted molar refractivity (Wildman–Crippen MR) is 90.9 cm³/mol. The van der Waals surface area contributed by atoms with Crippen molar-refractivity contribution in [2.24, 2.45) is 0 Å². The highest BCUT2D eigenvalue weighted by atomic mass is 35.5. The largest absolute Gasteiger partial charge is 0.497 e. The van der Waals surface area contributed by atoms with Gasteiger partial charge >= 0.3 is 0 Å². The number of hydrogen-bond donors (Lipinski definition) is 0. The van der Waals surface area contributed by atoms with E-state index >= 15 is 0 Å². The summed E-state index contributed by atoms with van der Waals surface area (Å²) in [5, 5.41) is 4.36. The summed E-state index contributed by atoms with van der Waals surface area (Å²) in [6, 6.07) is 11.7. The van der Waals surface area contributed by atoms with Crippen LogP contribution in [-0.2, 0) is 6.42 Å². The molecule has 6 nitrogen and oxygen atoms in total. The van der Waals surface area contributed by atoms with Crippen molar-refractivity contribution in [3.8, 4) is 11.4 Å². The topological polar surface area (TPSA) is 57.2 Å². The first-order chi connectivity index (χ1) is 11.7. The van der Waals surface area contributed by atoms with Gasteiger partial charge in [-0.25, -0.2) is 14.5 Å². The van der Waals surface area contributed by atoms with Gasteiger partial charge in [-0.1, -0.05) is 6.07 Å². The Morgan fingerprint density at radius 1 is 1.21 bits per heavy atom. The fourth-order valence-corrected chi connectivity index (χ4v) is 2.82. The number of fused-ring (bicyclic) bond motifs is 1. The van der Waals surface area contributed by atoms with Crippen molar-refractivity contribution in [3.63, 3.8) is 0 Å². The van der Waals surface area contributed by atoms with E-state index in [0.29, 0.717) is 6.42 Å². The number of hydrogen-bond acceptors (Lipinski definition) is 4. The quantitative estimate of drug-likeness (QED) is 0.573. The van der Waals surface area contributed by atoms with Crippen LogP contribution in [0.5, 0.6) is 5.75 Å². The molecule has 0 saturated heterocycles. The van der Waals surface area contributed by atoms with Crippen LogP contribution in [0.3, 0.4) is 0 Å². The van der Waals surface area contributed by atoms with Gasteiger partial charge in [-0.3, -0.25) is 0 Å². The summed E-state index contributed by atoms with van der Waals surface area (Å²) in [7, 11) is 1.65. The molecule has 0 unspecified atom stereocenters. The molecular formula is C17H14ClN5O. The zero-order valence-corrected chi connectivity index (χ0v) is 13.7. The molecule has 0 amide bonds. The summed E-state index contributed by atoms with van der Waals surface area (Å²) in [4.78, 5) is 8.82. The molecule has 0 atom stereocenters. The van der Waals surface area contributed by atoms with Crippen molar-refractivity contribution in [1.82, 2.24) is 24.1 Å². The number of rotatable bonds is 4. The summed E-state index contributed by atoms with van der Waals surface area (Å²) < 4.78 is 8.94. The molecule has 0 bridgehead atoms. The Bertz CT molecular complexity index is 1010. The zero-order chi connectivity index (χ0) is 16.5. The maximum Gasteiger partial charge on any atom is 0.241 e.